The molecule has 3 nitrogen and oxygen atoms in total. The van der Waals surface area contributed by atoms with Crippen LogP contribution in [-0.4, -0.2) is 48.0 Å². The lowest BCUT2D eigenvalue weighted by Gasteiger charge is -2.19. The normalized spacial score (nSPS) is 12.7. The van der Waals surface area contributed by atoms with E-state index in [9.17, 15) is 0 Å². The summed E-state index contributed by atoms with van der Waals surface area (Å²) in [5, 5.41) is 18.1. The molecular formula is C29H61NO2. The zero-order valence-corrected chi connectivity index (χ0v) is 22.3. The molecule has 1 unspecified atom stereocenters. The molecule has 0 heterocycles. The predicted octanol–water partition coefficient (Wildman–Crippen LogP) is 8.12. The van der Waals surface area contributed by atoms with E-state index >= 15 is 0 Å². The van der Waals surface area contributed by atoms with Gasteiger partial charge in [0, 0.05) is 13.1 Å². The van der Waals surface area contributed by atoms with Crippen LogP contribution in [0.2, 0.25) is 0 Å². The second-order valence-corrected chi connectivity index (χ2v) is 10.2. The van der Waals surface area contributed by atoms with Gasteiger partial charge in [0.2, 0.25) is 0 Å². The van der Waals surface area contributed by atoms with Crippen LogP contribution in [0.5, 0.6) is 0 Å². The van der Waals surface area contributed by atoms with Crippen molar-refractivity contribution in [2.45, 2.75) is 149 Å². The first-order valence-corrected chi connectivity index (χ1v) is 14.7. The van der Waals surface area contributed by atoms with E-state index in [1.165, 1.54) is 135 Å². The van der Waals surface area contributed by atoms with Gasteiger partial charge in [-0.05, 0) is 18.9 Å². The fraction of sp³-hybridized carbons (Fsp3) is 1.00. The minimum absolute atomic E-state index is 0.193. The van der Waals surface area contributed by atoms with E-state index in [4.69, 9.17) is 10.2 Å². The van der Waals surface area contributed by atoms with Gasteiger partial charge in [0.05, 0.1) is 13.2 Å². The molecule has 0 bridgehead atoms. The summed E-state index contributed by atoms with van der Waals surface area (Å²) in [4.78, 5) is 2.17. The molecule has 0 rings (SSSR count). The van der Waals surface area contributed by atoms with Crippen LogP contribution in [0.3, 0.4) is 0 Å². The van der Waals surface area contributed by atoms with E-state index in [2.05, 4.69) is 18.7 Å². The monoisotopic (exact) mass is 455 g/mol. The zero-order chi connectivity index (χ0) is 23.5. The Kier molecular flexibility index (Phi) is 27.0. The molecule has 0 aliphatic rings. The van der Waals surface area contributed by atoms with Crippen molar-refractivity contribution in [1.29, 1.82) is 0 Å². The van der Waals surface area contributed by atoms with Crippen molar-refractivity contribution in [1.82, 2.24) is 4.90 Å². The molecule has 194 valence electrons. The van der Waals surface area contributed by atoms with Crippen LogP contribution in [0.15, 0.2) is 0 Å². The second-order valence-electron chi connectivity index (χ2n) is 10.2. The molecule has 32 heavy (non-hydrogen) atoms. The zero-order valence-electron chi connectivity index (χ0n) is 22.3. The fourth-order valence-electron chi connectivity index (χ4n) is 4.92. The third-order valence-electron chi connectivity index (χ3n) is 7.21. The Balaban J connectivity index is 3.39. The Morgan fingerprint density at radius 1 is 0.469 bits per heavy atom. The highest BCUT2D eigenvalue weighted by Gasteiger charge is 2.06. The van der Waals surface area contributed by atoms with Gasteiger partial charge in [-0.3, -0.25) is 4.90 Å². The summed E-state index contributed by atoms with van der Waals surface area (Å²) in [5.74, 6) is 0.977. The number of hydrogen-bond acceptors (Lipinski definition) is 3. The maximum absolute atomic E-state index is 9.04. The quantitative estimate of drug-likeness (QED) is 0.123. The first-order valence-electron chi connectivity index (χ1n) is 14.7. The molecule has 0 spiro atoms. The molecule has 0 saturated carbocycles. The lowest BCUT2D eigenvalue weighted by molar-refractivity contribution is 0.159. The lowest BCUT2D eigenvalue weighted by Crippen LogP contribution is -2.30. The average Bonchev–Trinajstić information content (AvgIpc) is 2.80. The van der Waals surface area contributed by atoms with Crippen LogP contribution in [0, 0.1) is 5.92 Å². The number of nitrogens with zero attached hydrogens (tertiary/aromatic N) is 1. The Bertz CT molecular complexity index is 331. The van der Waals surface area contributed by atoms with Gasteiger partial charge in [-0.15, -0.1) is 0 Å². The van der Waals surface area contributed by atoms with Gasteiger partial charge in [0.15, 0.2) is 0 Å². The first kappa shape index (κ1) is 31.9. The van der Waals surface area contributed by atoms with Crippen LogP contribution < -0.4 is 0 Å². The number of unbranched alkanes of at least 4 members (excludes halogenated alkanes) is 16. The molecular weight excluding hydrogens is 394 g/mol. The minimum atomic E-state index is 0.193. The molecule has 1 atom stereocenters. The molecule has 0 aliphatic carbocycles. The number of rotatable bonds is 27. The molecule has 0 radical (unpaired) electrons. The van der Waals surface area contributed by atoms with Gasteiger partial charge < -0.3 is 10.2 Å². The largest absolute Gasteiger partial charge is 0.395 e. The number of hydrogen-bond donors (Lipinski definition) is 2. The van der Waals surface area contributed by atoms with E-state index in [-0.39, 0.29) is 13.2 Å². The van der Waals surface area contributed by atoms with E-state index in [0.29, 0.717) is 13.1 Å². The van der Waals surface area contributed by atoms with Crippen molar-refractivity contribution < 1.29 is 10.2 Å². The molecule has 0 aliphatic heterocycles. The van der Waals surface area contributed by atoms with Crippen molar-refractivity contribution >= 4 is 0 Å². The van der Waals surface area contributed by atoms with Crippen LogP contribution in [0.25, 0.3) is 0 Å². The van der Waals surface area contributed by atoms with Gasteiger partial charge in [-0.1, -0.05) is 142 Å². The number of aliphatic hydroxyl groups is 2. The summed E-state index contributed by atoms with van der Waals surface area (Å²) in [6.07, 6.45) is 29.6. The van der Waals surface area contributed by atoms with Gasteiger partial charge in [0.25, 0.3) is 0 Å². The molecule has 2 N–H and O–H groups in total. The van der Waals surface area contributed by atoms with Crippen molar-refractivity contribution in [3.05, 3.63) is 0 Å². The average molecular weight is 456 g/mol. The maximum atomic E-state index is 9.04. The van der Waals surface area contributed by atoms with Crippen molar-refractivity contribution in [2.24, 2.45) is 5.92 Å². The highest BCUT2D eigenvalue weighted by atomic mass is 16.3. The third kappa shape index (κ3) is 23.1. The molecule has 3 heteroatoms. The van der Waals surface area contributed by atoms with Gasteiger partial charge in [-0.25, -0.2) is 0 Å². The second kappa shape index (κ2) is 27.1. The standard InChI is InChI=1S/C29H61NO2/c1-3-5-6-7-8-9-10-13-16-19-22-29(4-2)23-20-17-14-11-12-15-18-21-24-30(25-27-31)26-28-32/h29,31-32H,3-28H2,1-2H3. The molecule has 0 fully saturated rings. The van der Waals surface area contributed by atoms with E-state index < -0.39 is 0 Å². The Morgan fingerprint density at radius 3 is 1.22 bits per heavy atom. The molecule has 0 aromatic heterocycles. The van der Waals surface area contributed by atoms with Gasteiger partial charge >= 0.3 is 0 Å². The summed E-state index contributed by atoms with van der Waals surface area (Å²) in [6.45, 7) is 7.47. The summed E-state index contributed by atoms with van der Waals surface area (Å²) in [7, 11) is 0. The Labute approximate surface area is 202 Å². The van der Waals surface area contributed by atoms with Crippen molar-refractivity contribution in [3.63, 3.8) is 0 Å². The van der Waals surface area contributed by atoms with E-state index in [0.717, 1.165) is 12.5 Å². The van der Waals surface area contributed by atoms with Crippen LogP contribution in [0.4, 0.5) is 0 Å². The Morgan fingerprint density at radius 2 is 0.844 bits per heavy atom. The van der Waals surface area contributed by atoms with Crippen molar-refractivity contribution in [2.75, 3.05) is 32.8 Å². The third-order valence-corrected chi connectivity index (χ3v) is 7.21. The van der Waals surface area contributed by atoms with Gasteiger partial charge in [-0.2, -0.15) is 0 Å². The first-order chi connectivity index (χ1) is 15.8. The fourth-order valence-corrected chi connectivity index (χ4v) is 4.92. The van der Waals surface area contributed by atoms with E-state index in [1.807, 2.05) is 0 Å². The van der Waals surface area contributed by atoms with Crippen LogP contribution in [-0.2, 0) is 0 Å². The SMILES string of the molecule is CCCCCCCCCCCCC(CC)CCCCCCCCCCN(CCO)CCO. The summed E-state index contributed by atoms with van der Waals surface area (Å²) >= 11 is 0. The topological polar surface area (TPSA) is 43.7 Å². The summed E-state index contributed by atoms with van der Waals surface area (Å²) < 4.78 is 0. The van der Waals surface area contributed by atoms with Crippen LogP contribution >= 0.6 is 0 Å². The number of aliphatic hydroxyl groups excluding tert-OH is 2. The van der Waals surface area contributed by atoms with Crippen molar-refractivity contribution in [3.8, 4) is 0 Å². The van der Waals surface area contributed by atoms with E-state index in [1.54, 1.807) is 0 Å². The highest BCUT2D eigenvalue weighted by molar-refractivity contribution is 4.60. The molecule has 0 aromatic carbocycles. The Hall–Kier alpha value is -0.120. The smallest absolute Gasteiger partial charge is 0.0558 e. The highest BCUT2D eigenvalue weighted by Crippen LogP contribution is 2.22. The molecule has 0 saturated heterocycles. The minimum Gasteiger partial charge on any atom is -0.395 e. The predicted molar refractivity (Wildman–Crippen MR) is 142 cm³/mol. The van der Waals surface area contributed by atoms with Crippen LogP contribution in [0.1, 0.15) is 149 Å². The molecule has 0 aromatic rings. The summed E-state index contributed by atoms with van der Waals surface area (Å²) in [6, 6.07) is 0. The molecule has 0 amide bonds. The maximum Gasteiger partial charge on any atom is 0.0558 e. The van der Waals surface area contributed by atoms with Gasteiger partial charge in [0.1, 0.15) is 0 Å². The summed E-state index contributed by atoms with van der Waals surface area (Å²) in [5.41, 5.74) is 0. The lowest BCUT2D eigenvalue weighted by atomic mass is 9.92.